The summed E-state index contributed by atoms with van der Waals surface area (Å²) in [7, 11) is 0. The van der Waals surface area contributed by atoms with Gasteiger partial charge in [-0.25, -0.2) is 4.39 Å². The lowest BCUT2D eigenvalue weighted by atomic mass is 9.96. The van der Waals surface area contributed by atoms with Crippen molar-refractivity contribution in [2.24, 2.45) is 0 Å². The van der Waals surface area contributed by atoms with Gasteiger partial charge in [0.1, 0.15) is 11.4 Å². The molecular weight excluding hydrogens is 347 g/mol. The summed E-state index contributed by atoms with van der Waals surface area (Å²) in [5.41, 5.74) is 0.813. The predicted octanol–water partition coefficient (Wildman–Crippen LogP) is 2.37. The molecule has 25 heavy (non-hydrogen) atoms. The van der Waals surface area contributed by atoms with Crippen LogP contribution in [-0.2, 0) is 21.6 Å². The van der Waals surface area contributed by atoms with Gasteiger partial charge in [-0.3, -0.25) is 9.59 Å². The summed E-state index contributed by atoms with van der Waals surface area (Å²) in [6, 6.07) is 11.1. The lowest BCUT2D eigenvalue weighted by molar-refractivity contribution is -0.136. The van der Waals surface area contributed by atoms with E-state index in [4.69, 9.17) is 11.6 Å². The average Bonchev–Trinajstić information content (AvgIpc) is 2.94. The van der Waals surface area contributed by atoms with E-state index in [0.29, 0.717) is 12.8 Å². The van der Waals surface area contributed by atoms with Gasteiger partial charge in [-0.2, -0.15) is 0 Å². The molecule has 0 heterocycles. The molecule has 0 aromatic heterocycles. The summed E-state index contributed by atoms with van der Waals surface area (Å²) < 4.78 is 13.1. The molecule has 1 aliphatic carbocycles. The summed E-state index contributed by atoms with van der Waals surface area (Å²) in [6.45, 7) is -0.0690. The van der Waals surface area contributed by atoms with Gasteiger partial charge >= 0.3 is 11.8 Å². The molecule has 5 nitrogen and oxygen atoms in total. The van der Waals surface area contributed by atoms with Crippen molar-refractivity contribution >= 4 is 29.1 Å². The highest BCUT2D eigenvalue weighted by atomic mass is 35.5. The van der Waals surface area contributed by atoms with E-state index in [-0.39, 0.29) is 17.3 Å². The molecule has 130 valence electrons. The number of nitrogens with one attached hydrogen (secondary N) is 2. The van der Waals surface area contributed by atoms with Crippen molar-refractivity contribution in [2.75, 3.05) is 11.9 Å². The third kappa shape index (κ3) is 3.65. The monoisotopic (exact) mass is 362 g/mol. The number of halogens is 2. The third-order valence-corrected chi connectivity index (χ3v) is 4.54. The summed E-state index contributed by atoms with van der Waals surface area (Å²) >= 11 is 5.63. The minimum absolute atomic E-state index is 0.0690. The smallest absolute Gasteiger partial charge is 0.313 e. The third-order valence-electron chi connectivity index (χ3n) is 4.25. The second-order valence-electron chi connectivity index (χ2n) is 5.95. The zero-order valence-corrected chi connectivity index (χ0v) is 13.9. The Morgan fingerprint density at radius 1 is 1.20 bits per heavy atom. The highest BCUT2D eigenvalue weighted by Gasteiger charge is 2.37. The summed E-state index contributed by atoms with van der Waals surface area (Å²) in [6.07, 6.45) is 1.19. The van der Waals surface area contributed by atoms with Crippen molar-refractivity contribution in [3.8, 4) is 0 Å². The van der Waals surface area contributed by atoms with Crippen molar-refractivity contribution in [2.45, 2.75) is 18.4 Å². The lowest BCUT2D eigenvalue weighted by Gasteiger charge is -2.24. The maximum absolute atomic E-state index is 13.1. The maximum atomic E-state index is 13.1. The van der Waals surface area contributed by atoms with Crippen LogP contribution in [0.4, 0.5) is 10.1 Å². The van der Waals surface area contributed by atoms with Crippen LogP contribution in [0.2, 0.25) is 5.02 Å². The number of benzene rings is 2. The zero-order valence-electron chi connectivity index (χ0n) is 13.2. The number of anilines is 1. The Labute approximate surface area is 148 Å². The van der Waals surface area contributed by atoms with Gasteiger partial charge in [-0.1, -0.05) is 35.9 Å². The van der Waals surface area contributed by atoms with E-state index in [2.05, 4.69) is 10.6 Å². The number of aliphatic hydroxyl groups is 1. The largest absolute Gasteiger partial charge is 0.383 e. The van der Waals surface area contributed by atoms with Crippen LogP contribution < -0.4 is 10.6 Å². The van der Waals surface area contributed by atoms with Gasteiger partial charge < -0.3 is 15.7 Å². The Balaban J connectivity index is 1.61. The van der Waals surface area contributed by atoms with E-state index in [0.717, 1.165) is 17.2 Å². The maximum Gasteiger partial charge on any atom is 0.313 e. The molecule has 3 rings (SSSR count). The van der Waals surface area contributed by atoms with Crippen LogP contribution in [-0.4, -0.2) is 23.5 Å². The van der Waals surface area contributed by atoms with Crippen molar-refractivity contribution in [1.82, 2.24) is 5.32 Å². The first kappa shape index (κ1) is 17.4. The fourth-order valence-corrected chi connectivity index (χ4v) is 3.10. The Hall–Kier alpha value is -2.44. The van der Waals surface area contributed by atoms with Gasteiger partial charge in [0, 0.05) is 5.69 Å². The summed E-state index contributed by atoms with van der Waals surface area (Å²) in [4.78, 5) is 23.9. The van der Waals surface area contributed by atoms with E-state index in [9.17, 15) is 19.1 Å². The molecule has 0 saturated heterocycles. The molecule has 2 aromatic carbocycles. The van der Waals surface area contributed by atoms with Crippen LogP contribution in [0.1, 0.15) is 17.5 Å². The average molecular weight is 363 g/mol. The van der Waals surface area contributed by atoms with Gasteiger partial charge in [0.05, 0.1) is 11.6 Å². The number of hydrogen-bond acceptors (Lipinski definition) is 3. The molecule has 3 N–H and O–H groups in total. The quantitative estimate of drug-likeness (QED) is 0.733. The second kappa shape index (κ2) is 6.82. The molecule has 2 amide bonds. The second-order valence-corrected chi connectivity index (χ2v) is 6.36. The number of rotatable bonds is 3. The Bertz CT molecular complexity index is 843. The molecule has 0 spiro atoms. The molecule has 0 bridgehead atoms. The molecular formula is C18H16ClFN2O3. The first-order valence-electron chi connectivity index (χ1n) is 7.74. The van der Waals surface area contributed by atoms with E-state index in [1.807, 2.05) is 24.3 Å². The topological polar surface area (TPSA) is 78.4 Å². The number of fused-ring (bicyclic) bond motifs is 1. The van der Waals surface area contributed by atoms with Crippen molar-refractivity contribution in [3.63, 3.8) is 0 Å². The van der Waals surface area contributed by atoms with Gasteiger partial charge in [0.15, 0.2) is 0 Å². The number of aryl methyl sites for hydroxylation is 1. The summed E-state index contributed by atoms with van der Waals surface area (Å²) in [5.74, 6) is -2.43. The zero-order chi connectivity index (χ0) is 18.0. The fraction of sp³-hybridized carbons (Fsp3) is 0.222. The Morgan fingerprint density at radius 2 is 1.96 bits per heavy atom. The molecule has 1 aliphatic rings. The standard InChI is InChI=1S/C18H16ClFN2O3/c19-14-9-12(5-6-15(14)20)22-17(24)16(23)21-10-18(25)8-7-11-3-1-2-4-13(11)18/h1-6,9,25H,7-8,10H2,(H,21,23)(H,22,24)/t18-/m1/s1. The van der Waals surface area contributed by atoms with Crippen LogP contribution in [0.3, 0.4) is 0 Å². The molecule has 0 saturated carbocycles. The first-order valence-corrected chi connectivity index (χ1v) is 8.12. The molecule has 0 fully saturated rings. The molecule has 0 radical (unpaired) electrons. The SMILES string of the molecule is O=C(NC[C@]1(O)CCc2ccccc21)C(=O)Nc1ccc(F)c(Cl)c1. The number of carbonyl (C=O) groups is 2. The van der Waals surface area contributed by atoms with Crippen LogP contribution in [0.15, 0.2) is 42.5 Å². The van der Waals surface area contributed by atoms with Gasteiger partial charge in [-0.05, 0) is 42.2 Å². The number of carbonyl (C=O) groups excluding carboxylic acids is 2. The van der Waals surface area contributed by atoms with Crippen LogP contribution in [0, 0.1) is 5.82 Å². The highest BCUT2D eigenvalue weighted by molar-refractivity contribution is 6.39. The fourth-order valence-electron chi connectivity index (χ4n) is 2.92. The van der Waals surface area contributed by atoms with Crippen molar-refractivity contribution in [1.29, 1.82) is 0 Å². The van der Waals surface area contributed by atoms with Gasteiger partial charge in [0.2, 0.25) is 0 Å². The molecule has 7 heteroatoms. The molecule has 0 unspecified atom stereocenters. The molecule has 0 aliphatic heterocycles. The molecule has 1 atom stereocenters. The van der Waals surface area contributed by atoms with Crippen molar-refractivity contribution in [3.05, 3.63) is 64.4 Å². The van der Waals surface area contributed by atoms with Crippen molar-refractivity contribution < 1.29 is 19.1 Å². The normalized spacial score (nSPS) is 18.5. The number of amides is 2. The van der Waals surface area contributed by atoms with Gasteiger partial charge in [-0.15, -0.1) is 0 Å². The Kier molecular flexibility index (Phi) is 4.74. The van der Waals surface area contributed by atoms with Gasteiger partial charge in [0.25, 0.3) is 0 Å². The van der Waals surface area contributed by atoms with E-state index in [1.165, 1.54) is 12.1 Å². The first-order chi connectivity index (χ1) is 11.9. The minimum atomic E-state index is -1.19. The molecule has 2 aromatic rings. The van der Waals surface area contributed by atoms with Crippen LogP contribution in [0.5, 0.6) is 0 Å². The number of hydrogen-bond donors (Lipinski definition) is 3. The van der Waals surface area contributed by atoms with E-state index in [1.54, 1.807) is 0 Å². The van der Waals surface area contributed by atoms with Crippen LogP contribution in [0.25, 0.3) is 0 Å². The lowest BCUT2D eigenvalue weighted by Crippen LogP contribution is -2.43. The minimum Gasteiger partial charge on any atom is -0.383 e. The summed E-state index contributed by atoms with van der Waals surface area (Å²) in [5, 5.41) is 15.3. The van der Waals surface area contributed by atoms with E-state index >= 15 is 0 Å². The van der Waals surface area contributed by atoms with Crippen LogP contribution >= 0.6 is 11.6 Å². The highest BCUT2D eigenvalue weighted by Crippen LogP contribution is 2.36. The predicted molar refractivity (Wildman–Crippen MR) is 91.7 cm³/mol. The Morgan fingerprint density at radius 3 is 2.72 bits per heavy atom. The van der Waals surface area contributed by atoms with E-state index < -0.39 is 23.2 Å².